The molecular weight excluding hydrogens is 340 g/mol. The number of nitrogens with zero attached hydrogens (tertiary/aromatic N) is 3. The van der Waals surface area contributed by atoms with Gasteiger partial charge < -0.3 is 10.3 Å². The molecule has 0 amide bonds. The summed E-state index contributed by atoms with van der Waals surface area (Å²) in [6.45, 7) is 1.91. The average Bonchev–Trinajstić information content (AvgIpc) is 3.22. The van der Waals surface area contributed by atoms with Crippen molar-refractivity contribution < 1.29 is 12.9 Å². The Bertz CT molecular complexity index is 916. The van der Waals surface area contributed by atoms with Gasteiger partial charge in [0.1, 0.15) is 0 Å². The Hall–Kier alpha value is -1.93. The lowest BCUT2D eigenvalue weighted by Crippen LogP contribution is -2.34. The van der Waals surface area contributed by atoms with E-state index in [0.29, 0.717) is 18.1 Å². The molecule has 0 saturated heterocycles. The van der Waals surface area contributed by atoms with Crippen LogP contribution >= 0.6 is 0 Å². The van der Waals surface area contributed by atoms with E-state index < -0.39 is 15.6 Å². The number of rotatable bonds is 3. The summed E-state index contributed by atoms with van der Waals surface area (Å²) < 4.78 is 30.9. The van der Waals surface area contributed by atoms with Crippen LogP contribution in [0.2, 0.25) is 0 Å². The van der Waals surface area contributed by atoms with Crippen molar-refractivity contribution in [2.24, 2.45) is 5.73 Å². The van der Waals surface area contributed by atoms with Crippen LogP contribution in [-0.4, -0.2) is 30.9 Å². The molecule has 2 N–H and O–H groups in total. The quantitative estimate of drug-likeness (QED) is 0.898. The zero-order valence-electron chi connectivity index (χ0n) is 14.4. The molecule has 2 heterocycles. The molecule has 2 aromatic rings. The van der Waals surface area contributed by atoms with Gasteiger partial charge in [-0.25, -0.2) is 8.42 Å². The number of aromatic nitrogens is 2. The van der Waals surface area contributed by atoms with Crippen LogP contribution in [0, 0.1) is 0 Å². The van der Waals surface area contributed by atoms with Gasteiger partial charge in [-0.3, -0.25) is 4.31 Å². The predicted molar refractivity (Wildman–Crippen MR) is 94.6 cm³/mol. The van der Waals surface area contributed by atoms with Gasteiger partial charge in [-0.15, -0.1) is 0 Å². The summed E-state index contributed by atoms with van der Waals surface area (Å²) in [6.07, 6.45) is 5.81. The monoisotopic (exact) mass is 362 g/mol. The smallest absolute Gasteiger partial charge is 0.258 e. The molecule has 4 rings (SSSR count). The number of nitrogens with two attached hydrogens (primary N) is 1. The summed E-state index contributed by atoms with van der Waals surface area (Å²) in [5, 5.41) is 4.09. The first-order valence-corrected chi connectivity index (χ1v) is 10.4. The minimum Gasteiger partial charge on any atom is -0.334 e. The summed E-state index contributed by atoms with van der Waals surface area (Å²) in [6, 6.07) is 5.48. The normalized spacial score (nSPS) is 22.4. The van der Waals surface area contributed by atoms with Gasteiger partial charge in [0.05, 0.1) is 17.5 Å². The van der Waals surface area contributed by atoms with Crippen LogP contribution in [0.4, 0.5) is 5.69 Å². The van der Waals surface area contributed by atoms with Crippen molar-refractivity contribution in [1.82, 2.24) is 10.1 Å². The van der Waals surface area contributed by atoms with E-state index in [1.165, 1.54) is 10.6 Å². The van der Waals surface area contributed by atoms with E-state index in [2.05, 4.69) is 10.1 Å². The van der Waals surface area contributed by atoms with Gasteiger partial charge in [-0.2, -0.15) is 4.98 Å². The van der Waals surface area contributed by atoms with Crippen molar-refractivity contribution in [2.75, 3.05) is 10.6 Å². The van der Waals surface area contributed by atoms with Crippen LogP contribution in [0.5, 0.6) is 0 Å². The van der Waals surface area contributed by atoms with E-state index in [-0.39, 0.29) is 6.04 Å². The highest BCUT2D eigenvalue weighted by Gasteiger charge is 2.36. The lowest BCUT2D eigenvalue weighted by Gasteiger charge is -2.21. The maximum absolute atomic E-state index is 12.0. The fourth-order valence-electron chi connectivity index (χ4n) is 4.01. The van der Waals surface area contributed by atoms with Gasteiger partial charge in [0.15, 0.2) is 5.82 Å². The minimum atomic E-state index is -3.29. The molecule has 1 saturated carbocycles. The molecular formula is C17H22N4O3S. The Kier molecular flexibility index (Phi) is 3.66. The Morgan fingerprint density at radius 3 is 2.72 bits per heavy atom. The zero-order valence-corrected chi connectivity index (χ0v) is 15.2. The fraction of sp³-hybridized carbons (Fsp3) is 0.529. The van der Waals surface area contributed by atoms with Crippen molar-refractivity contribution in [3.8, 4) is 11.5 Å². The van der Waals surface area contributed by atoms with Crippen LogP contribution < -0.4 is 10.0 Å². The van der Waals surface area contributed by atoms with E-state index in [1.54, 1.807) is 0 Å². The van der Waals surface area contributed by atoms with E-state index in [9.17, 15) is 8.42 Å². The first kappa shape index (κ1) is 16.5. The summed E-state index contributed by atoms with van der Waals surface area (Å²) >= 11 is 0. The van der Waals surface area contributed by atoms with Gasteiger partial charge in [0.2, 0.25) is 10.0 Å². The number of hydrogen-bond acceptors (Lipinski definition) is 6. The second kappa shape index (κ2) is 5.54. The van der Waals surface area contributed by atoms with Crippen LogP contribution in [-0.2, 0) is 22.0 Å². The molecule has 0 spiro atoms. The van der Waals surface area contributed by atoms with E-state index in [4.69, 9.17) is 10.3 Å². The molecule has 0 radical (unpaired) electrons. The number of sulfonamides is 1. The van der Waals surface area contributed by atoms with E-state index in [0.717, 1.165) is 42.5 Å². The van der Waals surface area contributed by atoms with Crippen molar-refractivity contribution in [3.05, 3.63) is 29.6 Å². The maximum Gasteiger partial charge on any atom is 0.258 e. The standard InChI is InChI=1S/C17H22N4O3S/c1-11-9-13-10-12(5-6-14(13)21(11)25(2,22)23)15-19-16(20-24-15)17(18)7-3-4-8-17/h5-6,10-11H,3-4,7-9,18H2,1-2H3. The molecule has 1 aliphatic heterocycles. The molecule has 0 bridgehead atoms. The average molecular weight is 362 g/mol. The second-order valence-electron chi connectivity index (χ2n) is 7.24. The second-order valence-corrected chi connectivity index (χ2v) is 9.10. The van der Waals surface area contributed by atoms with Crippen LogP contribution in [0.1, 0.15) is 44.0 Å². The Morgan fingerprint density at radius 2 is 2.04 bits per heavy atom. The van der Waals surface area contributed by atoms with Crippen LogP contribution in [0.25, 0.3) is 11.5 Å². The lowest BCUT2D eigenvalue weighted by atomic mass is 9.98. The van der Waals surface area contributed by atoms with Gasteiger partial charge in [-0.1, -0.05) is 18.0 Å². The van der Waals surface area contributed by atoms with Crippen molar-refractivity contribution in [1.29, 1.82) is 0 Å². The van der Waals surface area contributed by atoms with Crippen molar-refractivity contribution >= 4 is 15.7 Å². The topological polar surface area (TPSA) is 102 Å². The zero-order chi connectivity index (χ0) is 17.8. The molecule has 25 heavy (non-hydrogen) atoms. The SMILES string of the molecule is CC1Cc2cc(-c3nc(C4(N)CCCC4)no3)ccc2N1S(C)(=O)=O. The molecule has 134 valence electrons. The van der Waals surface area contributed by atoms with E-state index >= 15 is 0 Å². The van der Waals surface area contributed by atoms with Crippen LogP contribution in [0.3, 0.4) is 0 Å². The Morgan fingerprint density at radius 1 is 1.32 bits per heavy atom. The first-order chi connectivity index (χ1) is 11.8. The number of benzene rings is 1. The Labute approximate surface area is 147 Å². The largest absolute Gasteiger partial charge is 0.334 e. The minimum absolute atomic E-state index is 0.0932. The van der Waals surface area contributed by atoms with Gasteiger partial charge in [-0.05, 0) is 49.9 Å². The highest BCUT2D eigenvalue weighted by atomic mass is 32.2. The molecule has 1 aromatic heterocycles. The first-order valence-electron chi connectivity index (χ1n) is 8.54. The van der Waals surface area contributed by atoms with Crippen LogP contribution in [0.15, 0.2) is 22.7 Å². The molecule has 2 aliphatic rings. The third-order valence-corrected chi connectivity index (χ3v) is 6.48. The lowest BCUT2D eigenvalue weighted by molar-refractivity contribution is 0.372. The molecule has 8 heteroatoms. The highest BCUT2D eigenvalue weighted by Crippen LogP contribution is 2.38. The van der Waals surface area contributed by atoms with Gasteiger partial charge in [0, 0.05) is 11.6 Å². The third kappa shape index (κ3) is 2.73. The number of anilines is 1. The summed E-state index contributed by atoms with van der Waals surface area (Å²) in [5.41, 5.74) is 8.39. The predicted octanol–water partition coefficient (Wildman–Crippen LogP) is 2.18. The molecule has 7 nitrogen and oxygen atoms in total. The molecule has 1 unspecified atom stereocenters. The fourth-order valence-corrected chi connectivity index (χ4v) is 5.28. The number of fused-ring (bicyclic) bond motifs is 1. The highest BCUT2D eigenvalue weighted by molar-refractivity contribution is 7.92. The molecule has 1 aromatic carbocycles. The molecule has 1 fully saturated rings. The van der Waals surface area contributed by atoms with Gasteiger partial charge in [0.25, 0.3) is 5.89 Å². The molecule has 1 aliphatic carbocycles. The molecule has 1 atom stereocenters. The third-order valence-electron chi connectivity index (χ3n) is 5.20. The van der Waals surface area contributed by atoms with Crippen molar-refractivity contribution in [3.63, 3.8) is 0 Å². The summed E-state index contributed by atoms with van der Waals surface area (Å²) in [4.78, 5) is 4.51. The van der Waals surface area contributed by atoms with Gasteiger partial charge >= 0.3 is 0 Å². The van der Waals surface area contributed by atoms with Crippen molar-refractivity contribution in [2.45, 2.75) is 50.6 Å². The Balaban J connectivity index is 1.68. The summed E-state index contributed by atoms with van der Waals surface area (Å²) in [7, 11) is -3.29. The summed E-state index contributed by atoms with van der Waals surface area (Å²) in [5.74, 6) is 0.992. The maximum atomic E-state index is 12.0. The van der Waals surface area contributed by atoms with E-state index in [1.807, 2.05) is 25.1 Å². The number of hydrogen-bond donors (Lipinski definition) is 1.